The molecule has 4 N–H and O–H groups in total. The molecule has 1 unspecified atom stereocenters. The van der Waals surface area contributed by atoms with Gasteiger partial charge in [-0.25, -0.2) is 0 Å². The summed E-state index contributed by atoms with van der Waals surface area (Å²) in [6.45, 7) is 6.25. The lowest BCUT2D eigenvalue weighted by molar-refractivity contribution is 0.0995. The SMILES string of the molecule is CC(C)C(C)Nc1c(C(N)=O)nnc2[nH]ccc12. The summed E-state index contributed by atoms with van der Waals surface area (Å²) in [7, 11) is 0. The third-order valence-corrected chi connectivity index (χ3v) is 3.09. The van der Waals surface area contributed by atoms with Crippen LogP contribution in [0.15, 0.2) is 12.3 Å². The minimum Gasteiger partial charge on any atom is -0.380 e. The Balaban J connectivity index is 2.53. The average molecular weight is 247 g/mol. The fraction of sp³-hybridized carbons (Fsp3) is 0.417. The number of hydrogen-bond acceptors (Lipinski definition) is 4. The normalized spacial score (nSPS) is 12.9. The van der Waals surface area contributed by atoms with Gasteiger partial charge in [-0.3, -0.25) is 4.79 Å². The highest BCUT2D eigenvalue weighted by Crippen LogP contribution is 2.25. The average Bonchev–Trinajstić information content (AvgIpc) is 2.76. The second kappa shape index (κ2) is 4.64. The van der Waals surface area contributed by atoms with E-state index < -0.39 is 5.91 Å². The van der Waals surface area contributed by atoms with Gasteiger partial charge in [0.05, 0.1) is 5.69 Å². The quantitative estimate of drug-likeness (QED) is 0.763. The van der Waals surface area contributed by atoms with Gasteiger partial charge in [-0.15, -0.1) is 10.2 Å². The summed E-state index contributed by atoms with van der Waals surface area (Å²) >= 11 is 0. The van der Waals surface area contributed by atoms with Crippen molar-refractivity contribution in [2.24, 2.45) is 11.7 Å². The molecule has 96 valence electrons. The van der Waals surface area contributed by atoms with Crippen LogP contribution >= 0.6 is 0 Å². The predicted molar refractivity (Wildman–Crippen MR) is 70.3 cm³/mol. The van der Waals surface area contributed by atoms with Gasteiger partial charge in [-0.2, -0.15) is 0 Å². The maximum atomic E-state index is 11.4. The van der Waals surface area contributed by atoms with Crippen molar-refractivity contribution in [1.82, 2.24) is 15.2 Å². The van der Waals surface area contributed by atoms with E-state index in [-0.39, 0.29) is 11.7 Å². The summed E-state index contributed by atoms with van der Waals surface area (Å²) in [5, 5.41) is 11.9. The van der Waals surface area contributed by atoms with E-state index in [1.165, 1.54) is 0 Å². The number of amides is 1. The van der Waals surface area contributed by atoms with E-state index in [0.717, 1.165) is 5.39 Å². The molecule has 0 aromatic carbocycles. The van der Waals surface area contributed by atoms with Crippen molar-refractivity contribution in [2.75, 3.05) is 5.32 Å². The van der Waals surface area contributed by atoms with Crippen LogP contribution < -0.4 is 11.1 Å². The van der Waals surface area contributed by atoms with Gasteiger partial charge in [-0.1, -0.05) is 13.8 Å². The van der Waals surface area contributed by atoms with E-state index >= 15 is 0 Å². The molecule has 0 spiro atoms. The number of primary amides is 1. The van der Waals surface area contributed by atoms with Crippen LogP contribution in [0.2, 0.25) is 0 Å². The molecule has 6 nitrogen and oxygen atoms in total. The molecule has 2 heterocycles. The zero-order valence-electron chi connectivity index (χ0n) is 10.7. The summed E-state index contributed by atoms with van der Waals surface area (Å²) in [6.07, 6.45) is 1.76. The fourth-order valence-corrected chi connectivity index (χ4v) is 1.64. The zero-order chi connectivity index (χ0) is 13.3. The van der Waals surface area contributed by atoms with E-state index in [1.54, 1.807) is 6.20 Å². The summed E-state index contributed by atoms with van der Waals surface area (Å²) in [5.41, 5.74) is 6.80. The monoisotopic (exact) mass is 247 g/mol. The van der Waals surface area contributed by atoms with Crippen LogP contribution in [0.5, 0.6) is 0 Å². The number of anilines is 1. The lowest BCUT2D eigenvalue weighted by atomic mass is 10.1. The molecule has 2 aromatic heterocycles. The molecule has 2 aromatic rings. The number of nitrogens with one attached hydrogen (secondary N) is 2. The number of nitrogens with zero attached hydrogens (tertiary/aromatic N) is 2. The molecule has 18 heavy (non-hydrogen) atoms. The molecule has 0 bridgehead atoms. The number of aromatic amines is 1. The second-order valence-corrected chi connectivity index (χ2v) is 4.70. The molecule has 0 aliphatic rings. The highest BCUT2D eigenvalue weighted by atomic mass is 16.1. The largest absolute Gasteiger partial charge is 0.380 e. The maximum Gasteiger partial charge on any atom is 0.271 e. The Labute approximate surface area is 105 Å². The molecule has 1 amide bonds. The van der Waals surface area contributed by atoms with Crippen LogP contribution in [0.4, 0.5) is 5.69 Å². The van der Waals surface area contributed by atoms with Crippen molar-refractivity contribution >= 4 is 22.6 Å². The van der Waals surface area contributed by atoms with Crippen molar-refractivity contribution in [3.8, 4) is 0 Å². The van der Waals surface area contributed by atoms with Gasteiger partial charge < -0.3 is 16.0 Å². The Kier molecular flexibility index (Phi) is 3.18. The molecule has 0 aliphatic carbocycles. The minimum atomic E-state index is -0.580. The van der Waals surface area contributed by atoms with Crippen molar-refractivity contribution in [3.63, 3.8) is 0 Å². The van der Waals surface area contributed by atoms with Gasteiger partial charge in [0.1, 0.15) is 0 Å². The summed E-state index contributed by atoms with van der Waals surface area (Å²) in [4.78, 5) is 14.4. The minimum absolute atomic E-state index is 0.176. The first-order valence-electron chi connectivity index (χ1n) is 5.90. The summed E-state index contributed by atoms with van der Waals surface area (Å²) in [6, 6.07) is 2.05. The summed E-state index contributed by atoms with van der Waals surface area (Å²) in [5.74, 6) is -0.156. The van der Waals surface area contributed by atoms with Gasteiger partial charge >= 0.3 is 0 Å². The molecule has 1 atom stereocenters. The molecule has 0 saturated heterocycles. The van der Waals surface area contributed by atoms with Crippen LogP contribution in [0.3, 0.4) is 0 Å². The fourth-order valence-electron chi connectivity index (χ4n) is 1.64. The number of aromatic nitrogens is 3. The topological polar surface area (TPSA) is 96.7 Å². The molecule has 2 rings (SSSR count). The standard InChI is InChI=1S/C12H17N5O/c1-6(2)7(3)15-9-8-4-5-14-12(8)17-16-10(9)11(13)18/h4-7H,1-3H3,(H2,13,18)(H2,14,15,17). The lowest BCUT2D eigenvalue weighted by Gasteiger charge is -2.20. The van der Waals surface area contributed by atoms with Gasteiger partial charge in [-0.05, 0) is 18.9 Å². The number of hydrogen-bond donors (Lipinski definition) is 3. The van der Waals surface area contributed by atoms with E-state index in [4.69, 9.17) is 5.73 Å². The molecule has 0 saturated carbocycles. The smallest absolute Gasteiger partial charge is 0.271 e. The van der Waals surface area contributed by atoms with E-state index in [1.807, 2.05) is 13.0 Å². The van der Waals surface area contributed by atoms with Crippen molar-refractivity contribution in [3.05, 3.63) is 18.0 Å². The Morgan fingerprint density at radius 2 is 2.11 bits per heavy atom. The Hall–Kier alpha value is -2.11. The summed E-state index contributed by atoms with van der Waals surface area (Å²) < 4.78 is 0. The second-order valence-electron chi connectivity index (χ2n) is 4.70. The van der Waals surface area contributed by atoms with E-state index in [9.17, 15) is 4.79 Å². The number of fused-ring (bicyclic) bond motifs is 1. The van der Waals surface area contributed by atoms with Crippen LogP contribution in [0.25, 0.3) is 11.0 Å². The highest BCUT2D eigenvalue weighted by molar-refractivity contribution is 6.04. The molecule has 0 radical (unpaired) electrons. The molecular weight excluding hydrogens is 230 g/mol. The Morgan fingerprint density at radius 1 is 1.39 bits per heavy atom. The van der Waals surface area contributed by atoms with Crippen LogP contribution in [0.1, 0.15) is 31.3 Å². The number of carbonyl (C=O) groups is 1. The van der Waals surface area contributed by atoms with Gasteiger partial charge in [0.15, 0.2) is 11.3 Å². The number of H-pyrrole nitrogens is 1. The first-order valence-corrected chi connectivity index (χ1v) is 5.90. The number of carbonyl (C=O) groups excluding carboxylic acids is 1. The zero-order valence-corrected chi connectivity index (χ0v) is 10.7. The van der Waals surface area contributed by atoms with Crippen molar-refractivity contribution in [1.29, 1.82) is 0 Å². The highest BCUT2D eigenvalue weighted by Gasteiger charge is 2.18. The maximum absolute atomic E-state index is 11.4. The van der Waals surface area contributed by atoms with Crippen LogP contribution in [-0.2, 0) is 0 Å². The van der Waals surface area contributed by atoms with E-state index in [2.05, 4.69) is 34.3 Å². The molecular formula is C12H17N5O. The lowest BCUT2D eigenvalue weighted by Crippen LogP contribution is -2.25. The first-order chi connectivity index (χ1) is 8.50. The van der Waals surface area contributed by atoms with Crippen LogP contribution in [-0.4, -0.2) is 27.1 Å². The number of rotatable bonds is 4. The predicted octanol–water partition coefficient (Wildman–Crippen LogP) is 1.51. The third kappa shape index (κ3) is 2.13. The third-order valence-electron chi connectivity index (χ3n) is 3.09. The molecule has 0 fully saturated rings. The Bertz CT molecular complexity index is 575. The van der Waals surface area contributed by atoms with Gasteiger partial charge in [0, 0.05) is 17.6 Å². The number of nitrogens with two attached hydrogens (primary N) is 1. The van der Waals surface area contributed by atoms with Crippen molar-refractivity contribution in [2.45, 2.75) is 26.8 Å². The van der Waals surface area contributed by atoms with Crippen LogP contribution in [0, 0.1) is 5.92 Å². The molecule has 0 aliphatic heterocycles. The van der Waals surface area contributed by atoms with Gasteiger partial charge in [0.2, 0.25) is 0 Å². The van der Waals surface area contributed by atoms with Gasteiger partial charge in [0.25, 0.3) is 5.91 Å². The first kappa shape index (κ1) is 12.3. The Morgan fingerprint density at radius 3 is 2.72 bits per heavy atom. The van der Waals surface area contributed by atoms with Crippen molar-refractivity contribution < 1.29 is 4.79 Å². The van der Waals surface area contributed by atoms with E-state index in [0.29, 0.717) is 17.3 Å². The molecule has 6 heteroatoms.